The van der Waals surface area contributed by atoms with Crippen molar-refractivity contribution in [2.75, 3.05) is 0 Å². The van der Waals surface area contributed by atoms with Crippen molar-refractivity contribution in [3.05, 3.63) is 74.3 Å². The fourth-order valence-corrected chi connectivity index (χ4v) is 3.63. The Morgan fingerprint density at radius 3 is 2.25 bits per heavy atom. The van der Waals surface area contributed by atoms with E-state index in [1.165, 1.54) is 12.1 Å². The molecular formula is C13H10N2O4Se. The Bertz CT molecular complexity index is 646. The van der Waals surface area contributed by atoms with E-state index in [1.807, 2.05) is 30.3 Å². The van der Waals surface area contributed by atoms with Gasteiger partial charge in [0.1, 0.15) is 0 Å². The van der Waals surface area contributed by atoms with Crippen LogP contribution in [0.5, 0.6) is 0 Å². The van der Waals surface area contributed by atoms with Gasteiger partial charge in [-0.05, 0) is 0 Å². The Morgan fingerprint density at radius 2 is 1.65 bits per heavy atom. The fourth-order valence-electron chi connectivity index (χ4n) is 1.62. The summed E-state index contributed by atoms with van der Waals surface area (Å²) in [4.78, 5) is 20.5. The second-order valence-corrected chi connectivity index (χ2v) is 6.07. The van der Waals surface area contributed by atoms with E-state index in [0.29, 0.717) is 9.78 Å². The number of nitro groups is 2. The van der Waals surface area contributed by atoms with Crippen molar-refractivity contribution in [1.29, 1.82) is 0 Å². The summed E-state index contributed by atoms with van der Waals surface area (Å²) >= 11 is -0.140. The van der Waals surface area contributed by atoms with E-state index >= 15 is 0 Å². The minimum atomic E-state index is -0.624. The van der Waals surface area contributed by atoms with Gasteiger partial charge in [0.05, 0.1) is 0 Å². The Hall–Kier alpha value is -2.24. The maximum atomic E-state index is 11.0. The second-order valence-electron chi connectivity index (χ2n) is 3.94. The summed E-state index contributed by atoms with van der Waals surface area (Å²) in [6.45, 7) is 0. The summed E-state index contributed by atoms with van der Waals surface area (Å²) in [6, 6.07) is 13.5. The normalized spacial score (nSPS) is 10.2. The van der Waals surface area contributed by atoms with Gasteiger partial charge in [-0.25, -0.2) is 0 Å². The molecule has 0 N–H and O–H groups in total. The summed E-state index contributed by atoms with van der Waals surface area (Å²) < 4.78 is 0.567. The van der Waals surface area contributed by atoms with Crippen molar-refractivity contribution in [3.63, 3.8) is 0 Å². The third-order valence-electron chi connectivity index (χ3n) is 2.59. The van der Waals surface area contributed by atoms with Gasteiger partial charge in [-0.2, -0.15) is 0 Å². The first-order valence-electron chi connectivity index (χ1n) is 5.67. The topological polar surface area (TPSA) is 86.3 Å². The molecule has 0 saturated carbocycles. The molecule has 2 aromatic carbocycles. The molecule has 0 spiro atoms. The molecule has 7 heteroatoms. The molecule has 0 unspecified atom stereocenters. The molecule has 2 aromatic rings. The van der Waals surface area contributed by atoms with Crippen LogP contribution in [0.2, 0.25) is 0 Å². The number of nitrogens with zero attached hydrogens (tertiary/aromatic N) is 2. The SMILES string of the molecule is O=[N+]([O-])c1ccc([Se]Cc2ccccc2)c([N+](=O)[O-])c1. The summed E-state index contributed by atoms with van der Waals surface area (Å²) in [5.74, 6) is 0. The van der Waals surface area contributed by atoms with Crippen LogP contribution in [0.4, 0.5) is 11.4 Å². The Morgan fingerprint density at radius 1 is 0.950 bits per heavy atom. The molecule has 0 saturated heterocycles. The second kappa shape index (κ2) is 6.27. The van der Waals surface area contributed by atoms with Gasteiger partial charge in [0.2, 0.25) is 0 Å². The van der Waals surface area contributed by atoms with Gasteiger partial charge in [-0.1, -0.05) is 0 Å². The first-order valence-corrected chi connectivity index (χ1v) is 7.74. The molecule has 0 aliphatic rings. The third-order valence-corrected chi connectivity index (χ3v) is 4.97. The molecule has 20 heavy (non-hydrogen) atoms. The summed E-state index contributed by atoms with van der Waals surface area (Å²) in [6.07, 6.45) is 0. The molecule has 0 aliphatic carbocycles. The number of benzene rings is 2. The number of non-ortho nitro benzene ring substituents is 1. The quantitative estimate of drug-likeness (QED) is 0.475. The summed E-state index contributed by atoms with van der Waals surface area (Å²) in [5, 5.41) is 22.4. The molecule has 0 aromatic heterocycles. The molecule has 0 amide bonds. The molecule has 0 heterocycles. The summed E-state index contributed by atoms with van der Waals surface area (Å²) in [7, 11) is 0. The van der Waals surface area contributed by atoms with Gasteiger partial charge >= 0.3 is 120 Å². The molecular weight excluding hydrogens is 327 g/mol. The van der Waals surface area contributed by atoms with Crippen LogP contribution in [0, 0.1) is 20.2 Å². The van der Waals surface area contributed by atoms with E-state index in [4.69, 9.17) is 0 Å². The van der Waals surface area contributed by atoms with Crippen LogP contribution in [0.1, 0.15) is 5.56 Å². The van der Waals surface area contributed by atoms with E-state index in [9.17, 15) is 20.2 Å². The van der Waals surface area contributed by atoms with Crippen LogP contribution in [0.25, 0.3) is 0 Å². The van der Waals surface area contributed by atoms with Crippen LogP contribution in [-0.2, 0) is 5.32 Å². The van der Waals surface area contributed by atoms with E-state index in [2.05, 4.69) is 0 Å². The van der Waals surface area contributed by atoms with E-state index in [1.54, 1.807) is 0 Å². The molecule has 0 fully saturated rings. The minimum absolute atomic E-state index is 0.140. The fraction of sp³-hybridized carbons (Fsp3) is 0.0769. The van der Waals surface area contributed by atoms with Crippen molar-refractivity contribution in [2.45, 2.75) is 5.32 Å². The number of nitro benzene ring substituents is 2. The van der Waals surface area contributed by atoms with Crippen LogP contribution < -0.4 is 4.46 Å². The van der Waals surface area contributed by atoms with Crippen molar-refractivity contribution >= 4 is 30.8 Å². The van der Waals surface area contributed by atoms with Gasteiger partial charge in [0, 0.05) is 0 Å². The average Bonchev–Trinajstić information content (AvgIpc) is 2.45. The first kappa shape index (κ1) is 14.2. The molecule has 0 atom stereocenters. The van der Waals surface area contributed by atoms with Crippen LogP contribution in [-0.4, -0.2) is 24.8 Å². The molecule has 2 rings (SSSR count). The molecule has 6 nitrogen and oxygen atoms in total. The van der Waals surface area contributed by atoms with Gasteiger partial charge in [-0.15, -0.1) is 0 Å². The van der Waals surface area contributed by atoms with Gasteiger partial charge in [0.15, 0.2) is 0 Å². The van der Waals surface area contributed by atoms with Gasteiger partial charge in [-0.3, -0.25) is 0 Å². The molecule has 102 valence electrons. The Labute approximate surface area is 120 Å². The van der Waals surface area contributed by atoms with Crippen LogP contribution >= 0.6 is 0 Å². The summed E-state index contributed by atoms with van der Waals surface area (Å²) in [5.41, 5.74) is 0.672. The average molecular weight is 337 g/mol. The predicted molar refractivity (Wildman–Crippen MR) is 75.3 cm³/mol. The van der Waals surface area contributed by atoms with Crippen LogP contribution in [0.15, 0.2) is 48.5 Å². The standard InChI is InChI=1S/C13H10N2O4Se/c16-14(17)11-6-7-13(12(8-11)15(18)19)20-9-10-4-2-1-3-5-10/h1-8H,9H2. The zero-order valence-electron chi connectivity index (χ0n) is 10.3. The Balaban J connectivity index is 2.23. The van der Waals surface area contributed by atoms with Gasteiger partial charge in [0.25, 0.3) is 0 Å². The zero-order chi connectivity index (χ0) is 14.5. The van der Waals surface area contributed by atoms with Gasteiger partial charge < -0.3 is 0 Å². The number of rotatable bonds is 5. The Kier molecular flexibility index (Phi) is 4.45. The first-order chi connectivity index (χ1) is 9.58. The van der Waals surface area contributed by atoms with E-state index in [-0.39, 0.29) is 26.3 Å². The third kappa shape index (κ3) is 3.40. The molecule has 0 radical (unpaired) electrons. The zero-order valence-corrected chi connectivity index (χ0v) is 12.0. The molecule has 0 aliphatic heterocycles. The number of hydrogen-bond acceptors (Lipinski definition) is 4. The molecule has 0 bridgehead atoms. The van der Waals surface area contributed by atoms with Crippen molar-refractivity contribution < 1.29 is 9.85 Å². The number of hydrogen-bond donors (Lipinski definition) is 0. The van der Waals surface area contributed by atoms with E-state index < -0.39 is 9.85 Å². The van der Waals surface area contributed by atoms with Crippen molar-refractivity contribution in [2.24, 2.45) is 0 Å². The van der Waals surface area contributed by atoms with E-state index in [0.717, 1.165) is 11.6 Å². The van der Waals surface area contributed by atoms with Crippen LogP contribution in [0.3, 0.4) is 0 Å². The monoisotopic (exact) mass is 338 g/mol. The van der Waals surface area contributed by atoms with Crippen molar-refractivity contribution in [3.8, 4) is 0 Å². The maximum absolute atomic E-state index is 11.0. The predicted octanol–water partition coefficient (Wildman–Crippen LogP) is 2.03. The van der Waals surface area contributed by atoms with Crippen molar-refractivity contribution in [1.82, 2.24) is 0 Å².